The largest absolute Gasteiger partial charge is 0.326 e. The van der Waals surface area contributed by atoms with Gasteiger partial charge in [0.2, 0.25) is 21.8 Å². The lowest BCUT2D eigenvalue weighted by Gasteiger charge is -2.24. The van der Waals surface area contributed by atoms with Crippen molar-refractivity contribution in [2.24, 2.45) is 0 Å². The fourth-order valence-electron chi connectivity index (χ4n) is 2.64. The van der Waals surface area contributed by atoms with Gasteiger partial charge in [-0.3, -0.25) is 13.9 Å². The molecule has 0 heterocycles. The Labute approximate surface area is 159 Å². The molecule has 0 saturated heterocycles. The molecule has 0 aromatic heterocycles. The molecule has 0 saturated carbocycles. The third-order valence-corrected chi connectivity index (χ3v) is 4.92. The Morgan fingerprint density at radius 2 is 1.63 bits per heavy atom. The molecule has 0 unspecified atom stereocenters. The van der Waals surface area contributed by atoms with Crippen LogP contribution in [0.1, 0.15) is 19.4 Å². The summed E-state index contributed by atoms with van der Waals surface area (Å²) in [7, 11) is -3.65. The molecule has 27 heavy (non-hydrogen) atoms. The van der Waals surface area contributed by atoms with Crippen molar-refractivity contribution in [2.75, 3.05) is 27.7 Å². The van der Waals surface area contributed by atoms with Crippen LogP contribution in [-0.2, 0) is 26.0 Å². The smallest absolute Gasteiger partial charge is 0.245 e. The maximum atomic E-state index is 12.5. The standard InChI is InChI=1S/C19H23N3O4S/c1-4-15-8-5-6-11-18(15)22(27(3,25)26)13-19(24)21-17-10-7-9-16(12-17)20-14(2)23/h5-12H,4,13H2,1-3H3,(H,20,23)(H,21,24). The van der Waals surface area contributed by atoms with E-state index in [0.29, 0.717) is 23.5 Å². The number of nitrogens with zero attached hydrogens (tertiary/aromatic N) is 1. The van der Waals surface area contributed by atoms with E-state index in [1.54, 1.807) is 36.4 Å². The van der Waals surface area contributed by atoms with E-state index in [9.17, 15) is 18.0 Å². The van der Waals surface area contributed by atoms with E-state index in [-0.39, 0.29) is 12.5 Å². The predicted octanol–water partition coefficient (Wildman–Crippen LogP) is 2.61. The second-order valence-electron chi connectivity index (χ2n) is 6.06. The van der Waals surface area contributed by atoms with Crippen LogP contribution in [0, 0.1) is 0 Å². The van der Waals surface area contributed by atoms with Crippen LogP contribution in [0.3, 0.4) is 0 Å². The van der Waals surface area contributed by atoms with Crippen LogP contribution in [0.2, 0.25) is 0 Å². The number of para-hydroxylation sites is 1. The van der Waals surface area contributed by atoms with Crippen molar-refractivity contribution < 1.29 is 18.0 Å². The molecule has 2 amide bonds. The zero-order valence-electron chi connectivity index (χ0n) is 15.5. The van der Waals surface area contributed by atoms with E-state index < -0.39 is 15.9 Å². The molecular formula is C19H23N3O4S. The SMILES string of the molecule is CCc1ccccc1N(CC(=O)Nc1cccc(NC(C)=O)c1)S(C)(=O)=O. The summed E-state index contributed by atoms with van der Waals surface area (Å²) >= 11 is 0. The van der Waals surface area contributed by atoms with E-state index in [1.165, 1.54) is 6.92 Å². The van der Waals surface area contributed by atoms with Gasteiger partial charge in [-0.1, -0.05) is 31.2 Å². The highest BCUT2D eigenvalue weighted by atomic mass is 32.2. The fourth-order valence-corrected chi connectivity index (χ4v) is 3.53. The lowest BCUT2D eigenvalue weighted by molar-refractivity contribution is -0.115. The molecule has 0 atom stereocenters. The van der Waals surface area contributed by atoms with Crippen molar-refractivity contribution in [3.8, 4) is 0 Å². The maximum absolute atomic E-state index is 12.5. The molecular weight excluding hydrogens is 366 g/mol. The van der Waals surface area contributed by atoms with Crippen molar-refractivity contribution in [2.45, 2.75) is 20.3 Å². The summed E-state index contributed by atoms with van der Waals surface area (Å²) in [6, 6.07) is 13.7. The molecule has 2 N–H and O–H groups in total. The average Bonchev–Trinajstić information content (AvgIpc) is 2.58. The van der Waals surface area contributed by atoms with Gasteiger partial charge in [0, 0.05) is 18.3 Å². The van der Waals surface area contributed by atoms with Crippen LogP contribution < -0.4 is 14.9 Å². The molecule has 144 valence electrons. The van der Waals surface area contributed by atoms with Crippen LogP contribution >= 0.6 is 0 Å². The van der Waals surface area contributed by atoms with Crippen LogP contribution in [0.25, 0.3) is 0 Å². The van der Waals surface area contributed by atoms with E-state index >= 15 is 0 Å². The molecule has 0 aliphatic rings. The van der Waals surface area contributed by atoms with E-state index in [4.69, 9.17) is 0 Å². The van der Waals surface area contributed by atoms with Gasteiger partial charge in [0.15, 0.2) is 0 Å². The van der Waals surface area contributed by atoms with Gasteiger partial charge in [0.05, 0.1) is 11.9 Å². The van der Waals surface area contributed by atoms with Crippen molar-refractivity contribution in [1.82, 2.24) is 0 Å². The van der Waals surface area contributed by atoms with Gasteiger partial charge in [-0.15, -0.1) is 0 Å². The Bertz CT molecular complexity index is 941. The highest BCUT2D eigenvalue weighted by Crippen LogP contribution is 2.23. The molecule has 2 aromatic rings. The number of carbonyl (C=O) groups excluding carboxylic acids is 2. The Morgan fingerprint density at radius 1 is 1.00 bits per heavy atom. The van der Waals surface area contributed by atoms with E-state index in [1.807, 2.05) is 19.1 Å². The summed E-state index contributed by atoms with van der Waals surface area (Å²) < 4.78 is 25.6. The normalized spacial score (nSPS) is 10.9. The molecule has 0 bridgehead atoms. The van der Waals surface area contributed by atoms with Crippen LogP contribution in [-0.4, -0.2) is 33.0 Å². The van der Waals surface area contributed by atoms with Gasteiger partial charge in [-0.05, 0) is 36.2 Å². The van der Waals surface area contributed by atoms with Gasteiger partial charge in [-0.25, -0.2) is 8.42 Å². The first-order valence-corrected chi connectivity index (χ1v) is 10.3. The second-order valence-corrected chi connectivity index (χ2v) is 7.97. The number of hydrogen-bond donors (Lipinski definition) is 2. The molecule has 0 aliphatic carbocycles. The molecule has 8 heteroatoms. The molecule has 0 radical (unpaired) electrons. The minimum atomic E-state index is -3.65. The van der Waals surface area contributed by atoms with Gasteiger partial charge < -0.3 is 10.6 Å². The first kappa shape index (κ1) is 20.4. The topological polar surface area (TPSA) is 95.6 Å². The Morgan fingerprint density at radius 3 is 2.22 bits per heavy atom. The number of amides is 2. The summed E-state index contributed by atoms with van der Waals surface area (Å²) in [6.45, 7) is 2.97. The number of sulfonamides is 1. The molecule has 0 aliphatic heterocycles. The van der Waals surface area contributed by atoms with Gasteiger partial charge in [0.25, 0.3) is 0 Å². The van der Waals surface area contributed by atoms with Gasteiger partial charge in [0.1, 0.15) is 6.54 Å². The van der Waals surface area contributed by atoms with Crippen molar-refractivity contribution in [3.05, 3.63) is 54.1 Å². The number of carbonyl (C=O) groups is 2. The predicted molar refractivity (Wildman–Crippen MR) is 107 cm³/mol. The summed E-state index contributed by atoms with van der Waals surface area (Å²) in [6.07, 6.45) is 1.71. The Kier molecular flexibility index (Phi) is 6.57. The zero-order chi connectivity index (χ0) is 20.0. The number of benzene rings is 2. The summed E-state index contributed by atoms with van der Waals surface area (Å²) in [5.41, 5.74) is 2.33. The monoisotopic (exact) mass is 389 g/mol. The number of aryl methyl sites for hydroxylation is 1. The first-order valence-electron chi connectivity index (χ1n) is 8.44. The number of nitrogens with one attached hydrogen (secondary N) is 2. The minimum absolute atomic E-state index is 0.224. The number of hydrogen-bond acceptors (Lipinski definition) is 4. The third-order valence-electron chi connectivity index (χ3n) is 3.80. The molecule has 7 nitrogen and oxygen atoms in total. The highest BCUT2D eigenvalue weighted by molar-refractivity contribution is 7.92. The minimum Gasteiger partial charge on any atom is -0.326 e. The number of rotatable bonds is 7. The molecule has 2 rings (SSSR count). The van der Waals surface area contributed by atoms with Crippen LogP contribution in [0.5, 0.6) is 0 Å². The van der Waals surface area contributed by atoms with Crippen LogP contribution in [0.15, 0.2) is 48.5 Å². The van der Waals surface area contributed by atoms with E-state index in [0.717, 1.165) is 16.1 Å². The molecule has 2 aromatic carbocycles. The maximum Gasteiger partial charge on any atom is 0.245 e. The lowest BCUT2D eigenvalue weighted by atomic mass is 10.1. The lowest BCUT2D eigenvalue weighted by Crippen LogP contribution is -2.38. The quantitative estimate of drug-likeness (QED) is 0.761. The molecule has 0 spiro atoms. The summed E-state index contributed by atoms with van der Waals surface area (Å²) in [4.78, 5) is 23.6. The number of anilines is 3. The van der Waals surface area contributed by atoms with Crippen molar-refractivity contribution in [3.63, 3.8) is 0 Å². The van der Waals surface area contributed by atoms with E-state index in [2.05, 4.69) is 10.6 Å². The van der Waals surface area contributed by atoms with Crippen molar-refractivity contribution in [1.29, 1.82) is 0 Å². The molecule has 0 fully saturated rings. The summed E-state index contributed by atoms with van der Waals surface area (Å²) in [5, 5.41) is 5.30. The second kappa shape index (κ2) is 8.68. The highest BCUT2D eigenvalue weighted by Gasteiger charge is 2.22. The summed E-state index contributed by atoms with van der Waals surface area (Å²) in [5.74, 6) is -0.704. The zero-order valence-corrected chi connectivity index (χ0v) is 16.3. The Hall–Kier alpha value is -2.87. The third kappa shape index (κ3) is 5.82. The first-order chi connectivity index (χ1) is 12.7. The van der Waals surface area contributed by atoms with Gasteiger partial charge >= 0.3 is 0 Å². The van der Waals surface area contributed by atoms with Gasteiger partial charge in [-0.2, -0.15) is 0 Å². The van der Waals surface area contributed by atoms with Crippen molar-refractivity contribution >= 4 is 38.9 Å². The Balaban J connectivity index is 2.21. The average molecular weight is 389 g/mol. The fraction of sp³-hybridized carbons (Fsp3) is 0.263. The van der Waals surface area contributed by atoms with Crippen LogP contribution in [0.4, 0.5) is 17.1 Å².